The summed E-state index contributed by atoms with van der Waals surface area (Å²) in [7, 11) is 0. The third-order valence-corrected chi connectivity index (χ3v) is 1.30. The van der Waals surface area contributed by atoms with Gasteiger partial charge in [-0.1, -0.05) is 0 Å². The first-order chi connectivity index (χ1) is 4.68. The number of amides is 1. The monoisotopic (exact) mass is 143 g/mol. The number of nitrogens with zero attached hydrogens (tertiary/aromatic N) is 1. The lowest BCUT2D eigenvalue weighted by atomic mass is 10.7. The summed E-state index contributed by atoms with van der Waals surface area (Å²) >= 11 is 1.14. The third kappa shape index (κ3) is 1.81. The van der Waals surface area contributed by atoms with Crippen molar-refractivity contribution in [2.24, 2.45) is 0 Å². The second-order valence-corrected chi connectivity index (χ2v) is 2.29. The summed E-state index contributed by atoms with van der Waals surface area (Å²) in [6.07, 6.45) is 1.40. The Morgan fingerprint density at radius 2 is 2.89 bits per heavy atom. The largest absolute Gasteiger partial charge is 0.302 e. The van der Waals surface area contributed by atoms with Crippen molar-refractivity contribution in [3.05, 3.63) is 11.6 Å². The van der Waals surface area contributed by atoms with E-state index in [0.717, 1.165) is 11.3 Å². The van der Waals surface area contributed by atoms with Crippen molar-refractivity contribution in [3.63, 3.8) is 0 Å². The molecular formula is C5H6N2OS. The van der Waals surface area contributed by atoms with Gasteiger partial charge in [0.2, 0.25) is 5.91 Å². The minimum absolute atomic E-state index is 0.158. The van der Waals surface area contributed by atoms with E-state index >= 15 is 0 Å². The third-order valence-electron chi connectivity index (χ3n) is 0.673. The summed E-state index contributed by atoms with van der Waals surface area (Å²) < 4.78 is 7.06. The average Bonchev–Trinajstić information content (AvgIpc) is 2.13. The molecule has 3 nitrogen and oxygen atoms in total. The molecule has 0 aliphatic heterocycles. The van der Waals surface area contributed by atoms with Crippen molar-refractivity contribution >= 4 is 22.4 Å². The van der Waals surface area contributed by atoms with Crippen molar-refractivity contribution in [1.82, 2.24) is 4.98 Å². The van der Waals surface area contributed by atoms with Crippen LogP contribution in [0.4, 0.5) is 5.13 Å². The maximum absolute atomic E-state index is 10.4. The van der Waals surface area contributed by atoms with Gasteiger partial charge in [-0.2, -0.15) is 0 Å². The zero-order valence-electron chi connectivity index (χ0n) is 5.84. The van der Waals surface area contributed by atoms with Crippen LogP contribution in [-0.2, 0) is 4.79 Å². The Morgan fingerprint density at radius 1 is 2.11 bits per heavy atom. The van der Waals surface area contributed by atoms with Crippen LogP contribution < -0.4 is 5.32 Å². The molecule has 9 heavy (non-hydrogen) atoms. The SMILES string of the molecule is [2H]c1cnc(NC(C)=O)s1. The van der Waals surface area contributed by atoms with Crippen LogP contribution in [0, 0.1) is 0 Å². The van der Waals surface area contributed by atoms with Gasteiger partial charge in [0.1, 0.15) is 0 Å². The predicted molar refractivity (Wildman–Crippen MR) is 36.4 cm³/mol. The molecule has 1 heterocycles. The Morgan fingerprint density at radius 3 is 3.33 bits per heavy atom. The highest BCUT2D eigenvalue weighted by atomic mass is 32.1. The maximum Gasteiger partial charge on any atom is 0.223 e. The van der Waals surface area contributed by atoms with E-state index in [1.807, 2.05) is 0 Å². The highest BCUT2D eigenvalue weighted by molar-refractivity contribution is 7.13. The lowest BCUT2D eigenvalue weighted by Crippen LogP contribution is -2.04. The molecule has 4 heteroatoms. The summed E-state index contributed by atoms with van der Waals surface area (Å²) in [5.74, 6) is -0.158. The Bertz CT molecular complexity index is 248. The molecule has 1 N–H and O–H groups in total. The van der Waals surface area contributed by atoms with Crippen LogP contribution in [-0.4, -0.2) is 10.9 Å². The van der Waals surface area contributed by atoms with E-state index in [0.29, 0.717) is 10.5 Å². The molecule has 0 unspecified atom stereocenters. The summed E-state index contributed by atoms with van der Waals surface area (Å²) in [5.41, 5.74) is 0. The lowest BCUT2D eigenvalue weighted by Gasteiger charge is -1.90. The van der Waals surface area contributed by atoms with Crippen LogP contribution in [0.3, 0.4) is 0 Å². The van der Waals surface area contributed by atoms with E-state index in [1.165, 1.54) is 13.1 Å². The first-order valence-electron chi connectivity index (χ1n) is 2.88. The van der Waals surface area contributed by atoms with E-state index in [1.54, 1.807) is 0 Å². The molecule has 1 aromatic rings. The number of thiazole rings is 1. The van der Waals surface area contributed by atoms with Gasteiger partial charge in [0, 0.05) is 18.5 Å². The fourth-order valence-corrected chi connectivity index (χ4v) is 0.919. The number of nitrogens with one attached hydrogen (secondary N) is 1. The van der Waals surface area contributed by atoms with Crippen molar-refractivity contribution in [3.8, 4) is 0 Å². The predicted octanol–water partition coefficient (Wildman–Crippen LogP) is 1.10. The zero-order chi connectivity index (χ0) is 7.56. The van der Waals surface area contributed by atoms with Gasteiger partial charge in [-0.3, -0.25) is 4.79 Å². The molecule has 0 bridgehead atoms. The molecule has 0 aliphatic rings. The van der Waals surface area contributed by atoms with E-state index in [2.05, 4.69) is 10.3 Å². The molecule has 48 valence electrons. The van der Waals surface area contributed by atoms with Gasteiger partial charge in [-0.15, -0.1) is 11.3 Å². The van der Waals surface area contributed by atoms with Gasteiger partial charge < -0.3 is 5.32 Å². The highest BCUT2D eigenvalue weighted by Gasteiger charge is 1.93. The topological polar surface area (TPSA) is 42.0 Å². The van der Waals surface area contributed by atoms with Gasteiger partial charge in [0.25, 0.3) is 0 Å². The fraction of sp³-hybridized carbons (Fsp3) is 0.200. The zero-order valence-corrected chi connectivity index (χ0v) is 5.66. The molecule has 1 rings (SSSR count). The van der Waals surface area contributed by atoms with Gasteiger partial charge in [-0.05, 0) is 0 Å². The van der Waals surface area contributed by atoms with E-state index in [-0.39, 0.29) is 5.91 Å². The minimum Gasteiger partial charge on any atom is -0.302 e. The number of aromatic nitrogens is 1. The quantitative estimate of drug-likeness (QED) is 0.639. The molecule has 1 amide bonds. The lowest BCUT2D eigenvalue weighted by molar-refractivity contribution is -0.114. The summed E-state index contributed by atoms with van der Waals surface area (Å²) in [4.78, 5) is 14.2. The van der Waals surface area contributed by atoms with Crippen molar-refractivity contribution < 1.29 is 6.17 Å². The highest BCUT2D eigenvalue weighted by Crippen LogP contribution is 2.08. The smallest absolute Gasteiger partial charge is 0.223 e. The Kier molecular flexibility index (Phi) is 1.42. The van der Waals surface area contributed by atoms with E-state index < -0.39 is 0 Å². The second-order valence-electron chi connectivity index (χ2n) is 1.46. The maximum atomic E-state index is 10.4. The summed E-state index contributed by atoms with van der Waals surface area (Å²) in [5, 5.41) is 3.31. The van der Waals surface area contributed by atoms with Crippen LogP contribution in [0.15, 0.2) is 11.6 Å². The van der Waals surface area contributed by atoms with Crippen LogP contribution in [0.1, 0.15) is 8.29 Å². The number of hydrogen-bond acceptors (Lipinski definition) is 3. The Labute approximate surface area is 58.1 Å². The molecule has 0 atom stereocenters. The van der Waals surface area contributed by atoms with Crippen LogP contribution >= 0.6 is 11.3 Å². The number of carbonyl (C=O) groups excluding carboxylic acids is 1. The molecule has 1 aromatic heterocycles. The minimum atomic E-state index is -0.158. The molecule has 0 saturated carbocycles. The Balaban J connectivity index is 2.67. The van der Waals surface area contributed by atoms with Gasteiger partial charge in [-0.25, -0.2) is 4.98 Å². The van der Waals surface area contributed by atoms with Crippen LogP contribution in [0.2, 0.25) is 0 Å². The first kappa shape index (κ1) is 4.93. The van der Waals surface area contributed by atoms with Gasteiger partial charge in [0.15, 0.2) is 5.13 Å². The van der Waals surface area contributed by atoms with Crippen LogP contribution in [0.5, 0.6) is 0 Å². The normalized spacial score (nSPS) is 10.6. The molecule has 0 aliphatic carbocycles. The van der Waals surface area contributed by atoms with Gasteiger partial charge in [0.05, 0.1) is 1.37 Å². The van der Waals surface area contributed by atoms with Crippen molar-refractivity contribution in [2.75, 3.05) is 5.32 Å². The second kappa shape index (κ2) is 2.59. The van der Waals surface area contributed by atoms with E-state index in [9.17, 15) is 4.79 Å². The molecule has 0 aromatic carbocycles. The molecule has 0 fully saturated rings. The number of rotatable bonds is 1. The summed E-state index contributed by atoms with van der Waals surface area (Å²) in [6.45, 7) is 1.41. The molecule has 0 radical (unpaired) electrons. The molecular weight excluding hydrogens is 136 g/mol. The summed E-state index contributed by atoms with van der Waals surface area (Å²) in [6, 6.07) is 0. The molecule has 0 saturated heterocycles. The number of hydrogen-bond donors (Lipinski definition) is 1. The Hall–Kier alpha value is -0.900. The van der Waals surface area contributed by atoms with Crippen molar-refractivity contribution in [2.45, 2.75) is 6.92 Å². The van der Waals surface area contributed by atoms with Crippen molar-refractivity contribution in [1.29, 1.82) is 0 Å². The average molecular weight is 143 g/mol. The standard InChI is InChI=1S/C5H6N2OS/c1-4(8)7-5-6-2-3-9-5/h2-3H,1H3,(H,6,7,8)/i3D. The molecule has 0 spiro atoms. The van der Waals surface area contributed by atoms with Gasteiger partial charge >= 0.3 is 0 Å². The first-order valence-corrected chi connectivity index (χ1v) is 3.20. The fourth-order valence-electron chi connectivity index (χ4n) is 0.402. The number of carbonyl (C=O) groups is 1. The van der Waals surface area contributed by atoms with E-state index in [4.69, 9.17) is 1.37 Å². The van der Waals surface area contributed by atoms with Crippen LogP contribution in [0.25, 0.3) is 0 Å². The number of anilines is 1.